The predicted molar refractivity (Wildman–Crippen MR) is 87.5 cm³/mol. The van der Waals surface area contributed by atoms with E-state index in [1.54, 1.807) is 13.1 Å². The summed E-state index contributed by atoms with van der Waals surface area (Å²) in [4.78, 5) is 0. The molecule has 0 spiro atoms. The SMILES string of the molecule is CCNCCCN(C)S(=O)(=O)Nc1ccccc1I. The first kappa shape index (κ1) is 16.7. The summed E-state index contributed by atoms with van der Waals surface area (Å²) in [6.45, 7) is 4.24. The van der Waals surface area contributed by atoms with Crippen LogP contribution < -0.4 is 10.0 Å². The first-order valence-electron chi connectivity index (χ1n) is 6.16. The molecule has 0 radical (unpaired) electrons. The Labute approximate surface area is 129 Å². The molecular formula is C12H20IN3O2S. The van der Waals surface area contributed by atoms with E-state index >= 15 is 0 Å². The number of para-hydroxylation sites is 1. The highest BCUT2D eigenvalue weighted by Gasteiger charge is 2.17. The molecular weight excluding hydrogens is 377 g/mol. The summed E-state index contributed by atoms with van der Waals surface area (Å²) in [5.74, 6) is 0. The molecule has 0 bridgehead atoms. The highest BCUT2D eigenvalue weighted by atomic mass is 127. The summed E-state index contributed by atoms with van der Waals surface area (Å²) >= 11 is 2.11. The molecule has 19 heavy (non-hydrogen) atoms. The fraction of sp³-hybridized carbons (Fsp3) is 0.500. The normalized spacial score (nSPS) is 11.8. The Bertz CT molecular complexity index is 494. The van der Waals surface area contributed by atoms with Crippen LogP contribution in [0.1, 0.15) is 13.3 Å². The quantitative estimate of drug-likeness (QED) is 0.520. The van der Waals surface area contributed by atoms with Crippen molar-refractivity contribution in [2.45, 2.75) is 13.3 Å². The molecule has 5 nitrogen and oxygen atoms in total. The lowest BCUT2D eigenvalue weighted by atomic mass is 10.3. The van der Waals surface area contributed by atoms with Gasteiger partial charge in [-0.1, -0.05) is 19.1 Å². The molecule has 0 aliphatic rings. The average Bonchev–Trinajstić information content (AvgIpc) is 2.37. The van der Waals surface area contributed by atoms with Crippen molar-refractivity contribution >= 4 is 38.5 Å². The number of halogens is 1. The third-order valence-corrected chi connectivity index (χ3v) is 5.02. The Morgan fingerprint density at radius 2 is 2.00 bits per heavy atom. The zero-order chi connectivity index (χ0) is 14.3. The van der Waals surface area contributed by atoms with Crippen molar-refractivity contribution in [3.63, 3.8) is 0 Å². The zero-order valence-electron chi connectivity index (χ0n) is 11.2. The van der Waals surface area contributed by atoms with E-state index in [0.29, 0.717) is 12.2 Å². The van der Waals surface area contributed by atoms with E-state index in [1.807, 2.05) is 25.1 Å². The summed E-state index contributed by atoms with van der Waals surface area (Å²) in [6, 6.07) is 7.31. The summed E-state index contributed by atoms with van der Waals surface area (Å²) < 4.78 is 29.0. The van der Waals surface area contributed by atoms with E-state index < -0.39 is 10.2 Å². The van der Waals surface area contributed by atoms with E-state index in [9.17, 15) is 8.42 Å². The molecule has 0 aromatic heterocycles. The molecule has 7 heteroatoms. The van der Waals surface area contributed by atoms with Gasteiger partial charge >= 0.3 is 10.2 Å². The molecule has 0 aliphatic heterocycles. The summed E-state index contributed by atoms with van der Waals surface area (Å²) in [6.07, 6.45) is 0.789. The van der Waals surface area contributed by atoms with Crippen molar-refractivity contribution in [1.82, 2.24) is 9.62 Å². The molecule has 0 aliphatic carbocycles. The number of nitrogens with one attached hydrogen (secondary N) is 2. The molecule has 1 aromatic carbocycles. The van der Waals surface area contributed by atoms with Gasteiger partial charge in [0.25, 0.3) is 0 Å². The molecule has 0 heterocycles. The second kappa shape index (κ2) is 8.03. The maximum absolute atomic E-state index is 12.1. The minimum Gasteiger partial charge on any atom is -0.317 e. The first-order chi connectivity index (χ1) is 8.97. The monoisotopic (exact) mass is 397 g/mol. The minimum absolute atomic E-state index is 0.492. The van der Waals surface area contributed by atoms with E-state index in [-0.39, 0.29) is 0 Å². The van der Waals surface area contributed by atoms with Crippen molar-refractivity contribution < 1.29 is 8.42 Å². The van der Waals surface area contributed by atoms with Gasteiger partial charge in [-0.3, -0.25) is 4.72 Å². The Morgan fingerprint density at radius 3 is 2.63 bits per heavy atom. The van der Waals surface area contributed by atoms with Crippen molar-refractivity contribution in [2.75, 3.05) is 31.4 Å². The molecule has 0 saturated carbocycles. The van der Waals surface area contributed by atoms with Crippen LogP contribution in [0, 0.1) is 3.57 Å². The van der Waals surface area contributed by atoms with Gasteiger partial charge in [0.15, 0.2) is 0 Å². The highest BCUT2D eigenvalue weighted by molar-refractivity contribution is 14.1. The maximum Gasteiger partial charge on any atom is 0.301 e. The van der Waals surface area contributed by atoms with Crippen molar-refractivity contribution in [3.8, 4) is 0 Å². The van der Waals surface area contributed by atoms with Gasteiger partial charge in [0.1, 0.15) is 0 Å². The summed E-state index contributed by atoms with van der Waals surface area (Å²) in [5.41, 5.74) is 0.613. The standard InChI is InChI=1S/C12H20IN3O2S/c1-3-14-9-6-10-16(2)19(17,18)15-12-8-5-4-7-11(12)13/h4-5,7-8,14-15H,3,6,9-10H2,1-2H3. The van der Waals surface area contributed by atoms with Gasteiger partial charge in [0.05, 0.1) is 5.69 Å². The molecule has 1 rings (SSSR count). The van der Waals surface area contributed by atoms with Crippen LogP contribution in [0.3, 0.4) is 0 Å². The van der Waals surface area contributed by atoms with E-state index in [4.69, 9.17) is 0 Å². The lowest BCUT2D eigenvalue weighted by molar-refractivity contribution is 0.459. The fourth-order valence-electron chi connectivity index (χ4n) is 1.48. The third kappa shape index (κ3) is 5.64. The topological polar surface area (TPSA) is 61.4 Å². The molecule has 108 valence electrons. The van der Waals surface area contributed by atoms with Crippen LogP contribution in [-0.2, 0) is 10.2 Å². The lowest BCUT2D eigenvalue weighted by Gasteiger charge is -2.18. The van der Waals surface area contributed by atoms with Crippen LogP contribution in [0.2, 0.25) is 0 Å². The molecule has 2 N–H and O–H groups in total. The van der Waals surface area contributed by atoms with Crippen LogP contribution in [0.5, 0.6) is 0 Å². The number of anilines is 1. The average molecular weight is 397 g/mol. The zero-order valence-corrected chi connectivity index (χ0v) is 14.2. The van der Waals surface area contributed by atoms with Gasteiger partial charge in [-0.25, -0.2) is 0 Å². The second-order valence-corrected chi connectivity index (χ2v) is 7.06. The number of hydrogen-bond acceptors (Lipinski definition) is 3. The van der Waals surface area contributed by atoms with Crippen LogP contribution in [0.4, 0.5) is 5.69 Å². The van der Waals surface area contributed by atoms with Crippen molar-refractivity contribution in [1.29, 1.82) is 0 Å². The third-order valence-electron chi connectivity index (χ3n) is 2.60. The van der Waals surface area contributed by atoms with Gasteiger partial charge in [-0.2, -0.15) is 12.7 Å². The molecule has 1 aromatic rings. The molecule has 0 saturated heterocycles. The number of hydrogen-bond donors (Lipinski definition) is 2. The van der Waals surface area contributed by atoms with Gasteiger partial charge in [-0.05, 0) is 54.2 Å². The predicted octanol–water partition coefficient (Wildman–Crippen LogP) is 1.88. The Balaban J connectivity index is 2.58. The fourth-order valence-corrected chi connectivity index (χ4v) is 3.17. The highest BCUT2D eigenvalue weighted by Crippen LogP contribution is 2.19. The summed E-state index contributed by atoms with van der Waals surface area (Å²) in [7, 11) is -1.88. The lowest BCUT2D eigenvalue weighted by Crippen LogP contribution is -2.34. The number of nitrogens with zero attached hydrogens (tertiary/aromatic N) is 1. The summed E-state index contributed by atoms with van der Waals surface area (Å²) in [5, 5.41) is 3.17. The van der Waals surface area contributed by atoms with Crippen LogP contribution in [0.15, 0.2) is 24.3 Å². The Kier molecular flexibility index (Phi) is 7.05. The van der Waals surface area contributed by atoms with Crippen LogP contribution >= 0.6 is 22.6 Å². The Hall–Kier alpha value is -0.380. The largest absolute Gasteiger partial charge is 0.317 e. The molecule has 0 fully saturated rings. The van der Waals surface area contributed by atoms with Crippen molar-refractivity contribution in [2.24, 2.45) is 0 Å². The smallest absolute Gasteiger partial charge is 0.301 e. The molecule has 0 unspecified atom stereocenters. The van der Waals surface area contributed by atoms with Crippen molar-refractivity contribution in [3.05, 3.63) is 27.8 Å². The van der Waals surface area contributed by atoms with Gasteiger partial charge in [0, 0.05) is 17.2 Å². The maximum atomic E-state index is 12.1. The minimum atomic E-state index is -3.47. The second-order valence-electron chi connectivity index (χ2n) is 4.12. The van der Waals surface area contributed by atoms with Crippen LogP contribution in [-0.4, -0.2) is 39.4 Å². The van der Waals surface area contributed by atoms with Gasteiger partial charge in [-0.15, -0.1) is 0 Å². The van der Waals surface area contributed by atoms with Gasteiger partial charge in [0.2, 0.25) is 0 Å². The van der Waals surface area contributed by atoms with E-state index in [1.165, 1.54) is 4.31 Å². The molecule has 0 atom stereocenters. The van der Waals surface area contributed by atoms with Crippen LogP contribution in [0.25, 0.3) is 0 Å². The Morgan fingerprint density at radius 1 is 1.32 bits per heavy atom. The molecule has 0 amide bonds. The van der Waals surface area contributed by atoms with E-state index in [0.717, 1.165) is 23.1 Å². The first-order valence-corrected chi connectivity index (χ1v) is 8.68. The number of benzene rings is 1. The van der Waals surface area contributed by atoms with E-state index in [2.05, 4.69) is 32.6 Å². The number of rotatable bonds is 8. The van der Waals surface area contributed by atoms with Gasteiger partial charge < -0.3 is 5.32 Å².